The Bertz CT molecular complexity index is 429. The number of nitro groups is 1. The molecular formula is C10H9F3NO3. The van der Waals surface area contributed by atoms with Gasteiger partial charge in [0.25, 0.3) is 0 Å². The molecule has 0 saturated heterocycles. The summed E-state index contributed by atoms with van der Waals surface area (Å²) in [6, 6.07) is 3.61. The zero-order chi connectivity index (χ0) is 13.2. The first kappa shape index (κ1) is 13.3. The van der Waals surface area contributed by atoms with Crippen LogP contribution in [0.15, 0.2) is 18.2 Å². The molecule has 7 heteroatoms. The molecule has 1 aromatic rings. The smallest absolute Gasteiger partial charge is 0.398 e. The normalized spacial score (nSPS) is 11.6. The molecule has 0 aromatic heterocycles. The topological polar surface area (TPSA) is 52.4 Å². The minimum Gasteiger partial charge on any atom is -0.398 e. The van der Waals surface area contributed by atoms with E-state index in [0.29, 0.717) is 5.92 Å². The van der Waals surface area contributed by atoms with E-state index in [0.717, 1.165) is 6.07 Å². The van der Waals surface area contributed by atoms with Crippen LogP contribution < -0.4 is 4.74 Å². The summed E-state index contributed by atoms with van der Waals surface area (Å²) in [5.74, 6) is -0.280. The second kappa shape index (κ2) is 4.60. The molecule has 0 amide bonds. The third kappa shape index (κ3) is 3.33. The van der Waals surface area contributed by atoms with Crippen molar-refractivity contribution in [2.45, 2.75) is 20.2 Å². The molecule has 93 valence electrons. The molecule has 0 aliphatic heterocycles. The van der Waals surface area contributed by atoms with Gasteiger partial charge in [0, 0.05) is 17.5 Å². The van der Waals surface area contributed by atoms with Crippen LogP contribution in [0.4, 0.5) is 18.9 Å². The minimum atomic E-state index is -4.96. The number of benzene rings is 1. The molecule has 0 bridgehead atoms. The monoisotopic (exact) mass is 248 g/mol. The number of nitro benzene ring substituents is 1. The van der Waals surface area contributed by atoms with Crippen molar-refractivity contribution in [1.29, 1.82) is 0 Å². The molecule has 4 nitrogen and oxygen atoms in total. The summed E-state index contributed by atoms with van der Waals surface area (Å²) in [5, 5.41) is 10.6. The molecule has 0 fully saturated rings. The molecule has 1 rings (SSSR count). The zero-order valence-electron chi connectivity index (χ0n) is 9.04. The first-order valence-corrected chi connectivity index (χ1v) is 4.56. The van der Waals surface area contributed by atoms with Crippen molar-refractivity contribution in [3.8, 4) is 5.75 Å². The summed E-state index contributed by atoms with van der Waals surface area (Å²) in [6.45, 7) is 3.09. The fraction of sp³-hybridized carbons (Fsp3) is 0.300. The summed E-state index contributed by atoms with van der Waals surface area (Å²) < 4.78 is 40.2. The number of hydrogen-bond donors (Lipinski definition) is 0. The number of hydrogen-bond acceptors (Lipinski definition) is 3. The lowest BCUT2D eigenvalue weighted by Crippen LogP contribution is -2.19. The molecule has 0 atom stereocenters. The molecule has 0 unspecified atom stereocenters. The Kier molecular flexibility index (Phi) is 3.59. The first-order valence-electron chi connectivity index (χ1n) is 4.56. The molecule has 0 N–H and O–H groups in total. The summed E-state index contributed by atoms with van der Waals surface area (Å²) in [7, 11) is 0. The highest BCUT2D eigenvalue weighted by Gasteiger charge is 2.36. The van der Waals surface area contributed by atoms with Crippen molar-refractivity contribution < 1.29 is 22.8 Å². The van der Waals surface area contributed by atoms with E-state index in [1.54, 1.807) is 13.8 Å². The van der Waals surface area contributed by atoms with E-state index in [2.05, 4.69) is 4.74 Å². The van der Waals surface area contributed by atoms with Crippen molar-refractivity contribution in [3.05, 3.63) is 39.8 Å². The van der Waals surface area contributed by atoms with Gasteiger partial charge in [-0.05, 0) is 0 Å². The second-order valence-electron chi connectivity index (χ2n) is 3.46. The Labute approximate surface area is 95.2 Å². The van der Waals surface area contributed by atoms with E-state index in [4.69, 9.17) is 0 Å². The lowest BCUT2D eigenvalue weighted by molar-refractivity contribution is -0.388. The molecule has 0 aliphatic carbocycles. The fourth-order valence-corrected chi connectivity index (χ4v) is 1.29. The summed E-state index contributed by atoms with van der Waals surface area (Å²) in [4.78, 5) is 9.72. The van der Waals surface area contributed by atoms with Crippen molar-refractivity contribution in [1.82, 2.24) is 0 Å². The number of halogens is 3. The van der Waals surface area contributed by atoms with Gasteiger partial charge in [-0.25, -0.2) is 0 Å². The third-order valence-corrected chi connectivity index (χ3v) is 1.95. The standard InChI is InChI=1S/C10H9F3NO3/c1-6(2)7-4-3-5-8(14(15)16)9(7)17-10(11,12)13/h3-5H,1-2H3. The van der Waals surface area contributed by atoms with Gasteiger partial charge < -0.3 is 4.74 Å². The summed E-state index contributed by atoms with van der Waals surface area (Å²) in [5.41, 5.74) is -0.641. The van der Waals surface area contributed by atoms with E-state index in [1.807, 2.05) is 0 Å². The fourth-order valence-electron chi connectivity index (χ4n) is 1.29. The van der Waals surface area contributed by atoms with Crippen molar-refractivity contribution in [3.63, 3.8) is 0 Å². The quantitative estimate of drug-likeness (QED) is 0.608. The van der Waals surface area contributed by atoms with Gasteiger partial charge in [-0.1, -0.05) is 26.0 Å². The van der Waals surface area contributed by atoms with Gasteiger partial charge in [0.1, 0.15) is 0 Å². The van der Waals surface area contributed by atoms with Crippen LogP contribution in [0.1, 0.15) is 19.4 Å². The van der Waals surface area contributed by atoms with Crippen molar-refractivity contribution in [2.75, 3.05) is 0 Å². The van der Waals surface area contributed by atoms with Gasteiger partial charge in [0.2, 0.25) is 5.75 Å². The Hall–Kier alpha value is -1.79. The highest BCUT2D eigenvalue weighted by Crippen LogP contribution is 2.38. The maximum absolute atomic E-state index is 12.2. The van der Waals surface area contributed by atoms with Crippen LogP contribution in [0.2, 0.25) is 0 Å². The van der Waals surface area contributed by atoms with E-state index in [-0.39, 0.29) is 5.56 Å². The van der Waals surface area contributed by atoms with Crippen LogP contribution in [0.5, 0.6) is 5.75 Å². The summed E-state index contributed by atoms with van der Waals surface area (Å²) in [6.07, 6.45) is -4.96. The Morgan fingerprint density at radius 3 is 2.35 bits per heavy atom. The molecule has 17 heavy (non-hydrogen) atoms. The van der Waals surface area contributed by atoms with Crippen molar-refractivity contribution in [2.24, 2.45) is 0 Å². The van der Waals surface area contributed by atoms with E-state index < -0.39 is 22.7 Å². The van der Waals surface area contributed by atoms with Gasteiger partial charge in [0.15, 0.2) is 0 Å². The Morgan fingerprint density at radius 2 is 1.94 bits per heavy atom. The lowest BCUT2D eigenvalue weighted by Gasteiger charge is -2.14. The van der Waals surface area contributed by atoms with Crippen LogP contribution in [0.25, 0.3) is 0 Å². The van der Waals surface area contributed by atoms with Gasteiger partial charge >= 0.3 is 12.0 Å². The van der Waals surface area contributed by atoms with Crippen molar-refractivity contribution >= 4 is 5.69 Å². The SMILES string of the molecule is C[C](C)c1cccc([N+](=O)[O-])c1OC(F)(F)F. The van der Waals surface area contributed by atoms with Gasteiger partial charge in [-0.2, -0.15) is 0 Å². The number of rotatable bonds is 3. The molecule has 0 heterocycles. The molecule has 1 radical (unpaired) electrons. The average molecular weight is 248 g/mol. The number of nitrogens with zero attached hydrogens (tertiary/aromatic N) is 1. The van der Waals surface area contributed by atoms with Crippen LogP contribution in [-0.2, 0) is 0 Å². The Balaban J connectivity index is 3.34. The average Bonchev–Trinajstić information content (AvgIpc) is 2.14. The van der Waals surface area contributed by atoms with Gasteiger partial charge in [-0.3, -0.25) is 10.1 Å². The maximum Gasteiger partial charge on any atom is 0.573 e. The predicted molar refractivity (Wildman–Crippen MR) is 53.5 cm³/mol. The second-order valence-corrected chi connectivity index (χ2v) is 3.46. The Morgan fingerprint density at radius 1 is 1.35 bits per heavy atom. The number of para-hydroxylation sites is 1. The molecular weight excluding hydrogens is 239 g/mol. The third-order valence-electron chi connectivity index (χ3n) is 1.95. The molecule has 0 saturated carbocycles. The minimum absolute atomic E-state index is 0.0662. The maximum atomic E-state index is 12.2. The van der Waals surface area contributed by atoms with E-state index >= 15 is 0 Å². The number of alkyl halides is 3. The van der Waals surface area contributed by atoms with E-state index in [1.165, 1.54) is 12.1 Å². The van der Waals surface area contributed by atoms with Crippen LogP contribution in [0, 0.1) is 16.0 Å². The predicted octanol–water partition coefficient (Wildman–Crippen LogP) is 3.46. The molecule has 0 spiro atoms. The first-order chi connectivity index (χ1) is 7.72. The highest BCUT2D eigenvalue weighted by molar-refractivity contribution is 5.56. The van der Waals surface area contributed by atoms with E-state index in [9.17, 15) is 23.3 Å². The number of ether oxygens (including phenoxy) is 1. The van der Waals surface area contributed by atoms with Gasteiger partial charge in [-0.15, -0.1) is 13.2 Å². The summed E-state index contributed by atoms with van der Waals surface area (Å²) >= 11 is 0. The lowest BCUT2D eigenvalue weighted by atomic mass is 10.0. The van der Waals surface area contributed by atoms with Crippen LogP contribution in [0.3, 0.4) is 0 Å². The van der Waals surface area contributed by atoms with Gasteiger partial charge in [0.05, 0.1) is 4.92 Å². The highest BCUT2D eigenvalue weighted by atomic mass is 19.4. The largest absolute Gasteiger partial charge is 0.573 e. The van der Waals surface area contributed by atoms with Crippen LogP contribution in [-0.4, -0.2) is 11.3 Å². The molecule has 0 aliphatic rings. The molecule has 1 aromatic carbocycles. The zero-order valence-corrected chi connectivity index (χ0v) is 9.04. The van der Waals surface area contributed by atoms with Crippen LogP contribution >= 0.6 is 0 Å².